The zero-order chi connectivity index (χ0) is 19.9. The second kappa shape index (κ2) is 9.91. The zero-order valence-electron chi connectivity index (χ0n) is 16.6. The summed E-state index contributed by atoms with van der Waals surface area (Å²) in [6.07, 6.45) is 7.55. The van der Waals surface area contributed by atoms with Crippen molar-refractivity contribution >= 4 is 11.9 Å². The van der Waals surface area contributed by atoms with Crippen molar-refractivity contribution < 1.29 is 18.7 Å². The van der Waals surface area contributed by atoms with Crippen molar-refractivity contribution in [3.05, 3.63) is 17.6 Å². The smallest absolute Gasteiger partial charge is 0.324 e. The Bertz CT molecular complexity index is 674. The summed E-state index contributed by atoms with van der Waals surface area (Å²) in [5.41, 5.74) is 0.807. The second-order valence-corrected chi connectivity index (χ2v) is 7.87. The third kappa shape index (κ3) is 6.22. The lowest BCUT2D eigenvalue weighted by Gasteiger charge is -2.13. The van der Waals surface area contributed by atoms with E-state index in [1.807, 2.05) is 6.92 Å². The number of aromatic amines is 1. The fourth-order valence-electron chi connectivity index (χ4n) is 3.30. The van der Waals surface area contributed by atoms with Gasteiger partial charge in [0.1, 0.15) is 6.54 Å². The highest BCUT2D eigenvalue weighted by Crippen LogP contribution is 2.30. The van der Waals surface area contributed by atoms with E-state index in [1.54, 1.807) is 4.90 Å². The molecule has 1 aliphatic heterocycles. The number of ether oxygens (including phenoxy) is 1. The zero-order valence-corrected chi connectivity index (χ0v) is 16.6. The van der Waals surface area contributed by atoms with E-state index < -0.39 is 0 Å². The third-order valence-electron chi connectivity index (χ3n) is 5.31. The highest BCUT2D eigenvalue weighted by molar-refractivity contribution is 6.01. The Morgan fingerprint density at radius 1 is 1.25 bits per heavy atom. The third-order valence-corrected chi connectivity index (χ3v) is 5.31. The van der Waals surface area contributed by atoms with Gasteiger partial charge in [0.15, 0.2) is 5.82 Å². The summed E-state index contributed by atoms with van der Waals surface area (Å²) >= 11 is 0. The normalized spacial score (nSPS) is 17.9. The number of urea groups is 1. The summed E-state index contributed by atoms with van der Waals surface area (Å²) in [6, 6.07) is 1.28. The summed E-state index contributed by atoms with van der Waals surface area (Å²) in [6.45, 7) is 4.29. The first-order valence-electron chi connectivity index (χ1n) is 10.4. The predicted octanol–water partition coefficient (Wildman–Crippen LogP) is 3.10. The number of hydrogen-bond donors (Lipinski definition) is 3. The highest BCUT2D eigenvalue weighted by atomic mass is 19.1. The number of hydrogen-bond acceptors (Lipinski definition) is 4. The van der Waals surface area contributed by atoms with Crippen LogP contribution in [0.4, 0.5) is 9.18 Å². The van der Waals surface area contributed by atoms with Gasteiger partial charge in [-0.2, -0.15) is 0 Å². The molecule has 1 aromatic heterocycles. The van der Waals surface area contributed by atoms with Gasteiger partial charge in [-0.1, -0.05) is 19.3 Å². The van der Waals surface area contributed by atoms with Gasteiger partial charge in [-0.15, -0.1) is 0 Å². The summed E-state index contributed by atoms with van der Waals surface area (Å²) in [7, 11) is 0. The van der Waals surface area contributed by atoms with E-state index in [4.69, 9.17) is 4.74 Å². The molecule has 1 saturated heterocycles. The van der Waals surface area contributed by atoms with Gasteiger partial charge in [0.25, 0.3) is 0 Å². The van der Waals surface area contributed by atoms with Gasteiger partial charge in [0.2, 0.25) is 11.8 Å². The molecule has 0 radical (unpaired) electrons. The molecule has 8 heteroatoms. The molecule has 3 N–H and O–H groups in total. The molecule has 3 rings (SSSR count). The Morgan fingerprint density at radius 3 is 2.71 bits per heavy atom. The van der Waals surface area contributed by atoms with Crippen LogP contribution in [0.15, 0.2) is 6.07 Å². The maximum absolute atomic E-state index is 13.9. The van der Waals surface area contributed by atoms with E-state index in [9.17, 15) is 14.0 Å². The van der Waals surface area contributed by atoms with Crippen molar-refractivity contribution in [2.45, 2.75) is 57.9 Å². The van der Waals surface area contributed by atoms with E-state index in [0.29, 0.717) is 19.1 Å². The Kier molecular flexibility index (Phi) is 7.30. The number of carbonyl (C=O) groups is 2. The molecule has 2 fully saturated rings. The van der Waals surface area contributed by atoms with E-state index in [0.717, 1.165) is 44.3 Å². The number of nitrogens with zero attached hydrogens (tertiary/aromatic N) is 1. The molecule has 1 aromatic rings. The van der Waals surface area contributed by atoms with E-state index in [1.165, 1.54) is 18.9 Å². The van der Waals surface area contributed by atoms with Gasteiger partial charge in [-0.05, 0) is 45.1 Å². The van der Waals surface area contributed by atoms with Gasteiger partial charge < -0.3 is 19.9 Å². The van der Waals surface area contributed by atoms with E-state index in [-0.39, 0.29) is 36.2 Å². The Balaban J connectivity index is 1.22. The van der Waals surface area contributed by atoms with Crippen LogP contribution in [0, 0.1) is 11.7 Å². The average molecular weight is 394 g/mol. The number of halogens is 1. The van der Waals surface area contributed by atoms with E-state index in [2.05, 4.69) is 15.6 Å². The molecule has 0 spiro atoms. The molecule has 0 bridgehead atoms. The molecule has 156 valence electrons. The fraction of sp³-hybridized carbons (Fsp3) is 0.700. The van der Waals surface area contributed by atoms with Crippen LogP contribution in [0.2, 0.25) is 0 Å². The maximum Gasteiger partial charge on any atom is 0.324 e. The molecule has 3 amide bonds. The average Bonchev–Trinajstić information content (AvgIpc) is 3.33. The summed E-state index contributed by atoms with van der Waals surface area (Å²) in [4.78, 5) is 27.1. The maximum atomic E-state index is 13.9. The SMILES string of the molecule is C[C@@H](NCCCCCCCN1CC(=O)NC1=O)c1cc(F)c(OCC2CC2)[nH]1. The number of aromatic nitrogens is 1. The van der Waals surface area contributed by atoms with Crippen LogP contribution in [-0.2, 0) is 4.79 Å². The molecule has 1 atom stereocenters. The molecule has 28 heavy (non-hydrogen) atoms. The van der Waals surface area contributed by atoms with E-state index >= 15 is 0 Å². The monoisotopic (exact) mass is 394 g/mol. The lowest BCUT2D eigenvalue weighted by atomic mass is 10.1. The van der Waals surface area contributed by atoms with Crippen LogP contribution < -0.4 is 15.4 Å². The molecule has 7 nitrogen and oxygen atoms in total. The van der Waals surface area contributed by atoms with Crippen LogP contribution >= 0.6 is 0 Å². The van der Waals surface area contributed by atoms with Gasteiger partial charge in [-0.25, -0.2) is 9.18 Å². The Hall–Kier alpha value is -2.09. The standard InChI is InChI=1S/C20H31FN4O3/c1-14(17-11-16(21)19(23-17)28-13-15-7-8-15)22-9-5-3-2-4-6-10-25-12-18(26)24-20(25)27/h11,14-15,22-23H,2-10,12-13H2,1H3,(H,24,26,27)/t14-/m1/s1. The number of rotatable bonds is 13. The molecule has 1 aliphatic carbocycles. The van der Waals surface area contributed by atoms with Gasteiger partial charge in [-0.3, -0.25) is 10.1 Å². The first-order valence-corrected chi connectivity index (χ1v) is 10.4. The molecule has 2 aliphatic rings. The van der Waals surface area contributed by atoms with Crippen molar-refractivity contribution in [1.82, 2.24) is 20.5 Å². The van der Waals surface area contributed by atoms with Crippen molar-refractivity contribution in [1.29, 1.82) is 0 Å². The summed E-state index contributed by atoms with van der Waals surface area (Å²) in [5.74, 6) is 0.312. The van der Waals surface area contributed by atoms with Crippen molar-refractivity contribution in [3.63, 3.8) is 0 Å². The van der Waals surface area contributed by atoms with Gasteiger partial charge in [0.05, 0.1) is 6.61 Å². The Morgan fingerprint density at radius 2 is 2.00 bits per heavy atom. The number of imide groups is 1. The molecule has 1 saturated carbocycles. The minimum absolute atomic E-state index is 0.0407. The van der Waals surface area contributed by atoms with Crippen LogP contribution in [0.5, 0.6) is 5.88 Å². The topological polar surface area (TPSA) is 86.5 Å². The summed E-state index contributed by atoms with van der Waals surface area (Å²) < 4.78 is 19.4. The molecule has 0 unspecified atom stereocenters. The number of H-pyrrole nitrogens is 1. The minimum atomic E-state index is -0.322. The molecule has 0 aromatic carbocycles. The number of amides is 3. The first-order chi connectivity index (χ1) is 13.5. The second-order valence-electron chi connectivity index (χ2n) is 7.87. The molecule has 2 heterocycles. The van der Waals surface area contributed by atoms with Crippen molar-refractivity contribution in [2.24, 2.45) is 5.92 Å². The van der Waals surface area contributed by atoms with Crippen LogP contribution in [0.1, 0.15) is 63.6 Å². The van der Waals surface area contributed by atoms with Crippen molar-refractivity contribution in [2.75, 3.05) is 26.2 Å². The highest BCUT2D eigenvalue weighted by Gasteiger charge is 2.25. The molecular weight excluding hydrogens is 363 g/mol. The lowest BCUT2D eigenvalue weighted by molar-refractivity contribution is -0.118. The lowest BCUT2D eigenvalue weighted by Crippen LogP contribution is -2.29. The van der Waals surface area contributed by atoms with Gasteiger partial charge >= 0.3 is 6.03 Å². The quantitative estimate of drug-likeness (QED) is 0.354. The minimum Gasteiger partial charge on any atom is -0.477 e. The Labute approximate surface area is 165 Å². The summed E-state index contributed by atoms with van der Waals surface area (Å²) in [5, 5.41) is 5.70. The van der Waals surface area contributed by atoms with Crippen LogP contribution in [0.3, 0.4) is 0 Å². The van der Waals surface area contributed by atoms with Crippen LogP contribution in [0.25, 0.3) is 0 Å². The van der Waals surface area contributed by atoms with Crippen LogP contribution in [-0.4, -0.2) is 48.1 Å². The molecular formula is C20H31FN4O3. The van der Waals surface area contributed by atoms with Crippen molar-refractivity contribution in [3.8, 4) is 5.88 Å². The number of carbonyl (C=O) groups excluding carboxylic acids is 2. The van der Waals surface area contributed by atoms with Gasteiger partial charge in [0, 0.05) is 24.3 Å². The fourth-order valence-corrected chi connectivity index (χ4v) is 3.30. The number of nitrogens with one attached hydrogen (secondary N) is 3. The first kappa shape index (κ1) is 20.6. The predicted molar refractivity (Wildman–Crippen MR) is 104 cm³/mol. The number of unbranched alkanes of at least 4 members (excludes halogenated alkanes) is 4. The largest absolute Gasteiger partial charge is 0.477 e.